The first-order chi connectivity index (χ1) is 10.2. The Morgan fingerprint density at radius 2 is 2.00 bits per heavy atom. The second-order valence-electron chi connectivity index (χ2n) is 4.89. The average Bonchev–Trinajstić information content (AvgIpc) is 2.88. The minimum absolute atomic E-state index is 0.00220. The first-order valence-corrected chi connectivity index (χ1v) is 7.01. The topological polar surface area (TPSA) is 88.2 Å². The average molecular weight is 289 g/mol. The van der Waals surface area contributed by atoms with Gasteiger partial charge in [-0.2, -0.15) is 0 Å². The molecule has 0 spiro atoms. The van der Waals surface area contributed by atoms with Crippen molar-refractivity contribution in [1.29, 1.82) is 0 Å². The molecule has 0 radical (unpaired) electrons. The van der Waals surface area contributed by atoms with E-state index < -0.39 is 5.97 Å². The van der Waals surface area contributed by atoms with Crippen LogP contribution in [0.5, 0.6) is 0 Å². The molecule has 1 aromatic heterocycles. The minimum atomic E-state index is -0.852. The van der Waals surface area contributed by atoms with Crippen LogP contribution >= 0.6 is 0 Å². The summed E-state index contributed by atoms with van der Waals surface area (Å²) in [4.78, 5) is 10.7. The summed E-state index contributed by atoms with van der Waals surface area (Å²) in [5, 5.41) is 26.2. The largest absolute Gasteiger partial charge is 0.481 e. The molecule has 0 aliphatic carbocycles. The first kappa shape index (κ1) is 15.2. The van der Waals surface area contributed by atoms with Gasteiger partial charge >= 0.3 is 5.97 Å². The SMILES string of the molecule is CCCCc1c(CO)nnn1-c1ccc(CC(=O)O)cc1. The number of aromatic nitrogens is 3. The predicted molar refractivity (Wildman–Crippen MR) is 77.2 cm³/mol. The zero-order chi connectivity index (χ0) is 15.2. The Balaban J connectivity index is 2.28. The number of hydrogen-bond acceptors (Lipinski definition) is 4. The molecule has 0 amide bonds. The van der Waals surface area contributed by atoms with Gasteiger partial charge in [-0.25, -0.2) is 4.68 Å². The molecule has 21 heavy (non-hydrogen) atoms. The summed E-state index contributed by atoms with van der Waals surface area (Å²) >= 11 is 0. The summed E-state index contributed by atoms with van der Waals surface area (Å²) < 4.78 is 1.71. The van der Waals surface area contributed by atoms with Crippen molar-refractivity contribution in [2.45, 2.75) is 39.2 Å². The van der Waals surface area contributed by atoms with Gasteiger partial charge in [0.15, 0.2) is 0 Å². The van der Waals surface area contributed by atoms with Gasteiger partial charge in [0, 0.05) is 0 Å². The summed E-state index contributed by atoms with van der Waals surface area (Å²) in [6, 6.07) is 7.19. The van der Waals surface area contributed by atoms with E-state index in [0.29, 0.717) is 5.69 Å². The van der Waals surface area contributed by atoms with Gasteiger partial charge in [-0.15, -0.1) is 5.10 Å². The molecule has 0 aliphatic heterocycles. The van der Waals surface area contributed by atoms with Gasteiger partial charge in [0.2, 0.25) is 0 Å². The Labute approximate surface area is 123 Å². The molecule has 2 N–H and O–H groups in total. The highest BCUT2D eigenvalue weighted by atomic mass is 16.4. The van der Waals surface area contributed by atoms with Gasteiger partial charge in [0.1, 0.15) is 5.69 Å². The zero-order valence-corrected chi connectivity index (χ0v) is 12.0. The van der Waals surface area contributed by atoms with E-state index in [9.17, 15) is 9.90 Å². The second kappa shape index (κ2) is 6.99. The predicted octanol–water partition coefficient (Wildman–Crippen LogP) is 1.73. The van der Waals surface area contributed by atoms with Crippen LogP contribution in [-0.2, 0) is 24.2 Å². The molecule has 112 valence electrons. The number of aliphatic hydroxyl groups excluding tert-OH is 1. The Morgan fingerprint density at radius 3 is 2.57 bits per heavy atom. The maximum Gasteiger partial charge on any atom is 0.307 e. The van der Waals surface area contributed by atoms with E-state index in [4.69, 9.17) is 5.11 Å². The van der Waals surface area contributed by atoms with Crippen molar-refractivity contribution in [3.05, 3.63) is 41.2 Å². The number of aliphatic hydroxyl groups is 1. The number of carbonyl (C=O) groups is 1. The van der Waals surface area contributed by atoms with Crippen LogP contribution in [-0.4, -0.2) is 31.2 Å². The molecule has 1 aromatic carbocycles. The van der Waals surface area contributed by atoms with Crippen LogP contribution in [0.25, 0.3) is 5.69 Å². The van der Waals surface area contributed by atoms with Gasteiger partial charge in [-0.3, -0.25) is 4.79 Å². The smallest absolute Gasteiger partial charge is 0.307 e. The van der Waals surface area contributed by atoms with E-state index in [2.05, 4.69) is 17.2 Å². The van der Waals surface area contributed by atoms with Gasteiger partial charge in [-0.1, -0.05) is 30.7 Å². The lowest BCUT2D eigenvalue weighted by molar-refractivity contribution is -0.136. The van der Waals surface area contributed by atoms with Crippen molar-refractivity contribution < 1.29 is 15.0 Å². The van der Waals surface area contributed by atoms with Crippen LogP contribution in [0.2, 0.25) is 0 Å². The highest BCUT2D eigenvalue weighted by Crippen LogP contribution is 2.16. The molecule has 0 fully saturated rings. The van der Waals surface area contributed by atoms with E-state index in [1.807, 2.05) is 12.1 Å². The summed E-state index contributed by atoms with van der Waals surface area (Å²) in [5.74, 6) is -0.852. The molecule has 0 unspecified atom stereocenters. The number of carboxylic acid groups (broad SMARTS) is 1. The zero-order valence-electron chi connectivity index (χ0n) is 12.0. The van der Waals surface area contributed by atoms with Gasteiger partial charge in [0.05, 0.1) is 24.4 Å². The molecule has 1 heterocycles. The number of unbranched alkanes of at least 4 members (excludes halogenated alkanes) is 1. The van der Waals surface area contributed by atoms with Crippen molar-refractivity contribution >= 4 is 5.97 Å². The number of benzene rings is 1. The quantitative estimate of drug-likeness (QED) is 0.810. The number of rotatable bonds is 7. The molecule has 0 atom stereocenters. The third kappa shape index (κ3) is 3.66. The molecular weight excluding hydrogens is 270 g/mol. The normalized spacial score (nSPS) is 10.8. The lowest BCUT2D eigenvalue weighted by atomic mass is 10.1. The molecule has 0 aliphatic rings. The molecule has 2 rings (SSSR count). The van der Waals surface area contributed by atoms with Crippen LogP contribution in [0.15, 0.2) is 24.3 Å². The lowest BCUT2D eigenvalue weighted by Gasteiger charge is -2.08. The molecule has 6 heteroatoms. The van der Waals surface area contributed by atoms with Crippen molar-refractivity contribution in [2.24, 2.45) is 0 Å². The number of hydrogen-bond donors (Lipinski definition) is 2. The Bertz CT molecular complexity index is 605. The molecular formula is C15H19N3O3. The highest BCUT2D eigenvalue weighted by Gasteiger charge is 2.13. The Hall–Kier alpha value is -2.21. The fourth-order valence-corrected chi connectivity index (χ4v) is 2.19. The van der Waals surface area contributed by atoms with E-state index in [1.165, 1.54) is 0 Å². The molecule has 0 saturated carbocycles. The fourth-order valence-electron chi connectivity index (χ4n) is 2.19. The van der Waals surface area contributed by atoms with E-state index in [-0.39, 0.29) is 13.0 Å². The fraction of sp³-hybridized carbons (Fsp3) is 0.400. The van der Waals surface area contributed by atoms with Crippen molar-refractivity contribution in [3.8, 4) is 5.69 Å². The highest BCUT2D eigenvalue weighted by molar-refractivity contribution is 5.70. The molecule has 0 bridgehead atoms. The van der Waals surface area contributed by atoms with Crippen LogP contribution in [0.4, 0.5) is 0 Å². The summed E-state index contributed by atoms with van der Waals surface area (Å²) in [6.07, 6.45) is 2.85. The van der Waals surface area contributed by atoms with Crippen LogP contribution in [0.3, 0.4) is 0 Å². The monoisotopic (exact) mass is 289 g/mol. The van der Waals surface area contributed by atoms with Crippen LogP contribution < -0.4 is 0 Å². The van der Waals surface area contributed by atoms with E-state index in [0.717, 1.165) is 36.2 Å². The minimum Gasteiger partial charge on any atom is -0.481 e. The van der Waals surface area contributed by atoms with Crippen molar-refractivity contribution in [3.63, 3.8) is 0 Å². The number of aliphatic carboxylic acids is 1. The summed E-state index contributed by atoms with van der Waals surface area (Å²) in [6.45, 7) is 1.98. The third-order valence-electron chi connectivity index (χ3n) is 3.30. The molecule has 2 aromatic rings. The maximum atomic E-state index is 10.7. The second-order valence-corrected chi connectivity index (χ2v) is 4.89. The molecule has 0 saturated heterocycles. The van der Waals surface area contributed by atoms with Gasteiger partial charge in [0.25, 0.3) is 0 Å². The summed E-state index contributed by atoms with van der Waals surface area (Å²) in [5.41, 5.74) is 3.06. The maximum absolute atomic E-state index is 10.7. The number of nitrogens with zero attached hydrogens (tertiary/aromatic N) is 3. The van der Waals surface area contributed by atoms with Crippen LogP contribution in [0.1, 0.15) is 36.7 Å². The van der Waals surface area contributed by atoms with E-state index >= 15 is 0 Å². The Kier molecular flexibility index (Phi) is 5.05. The molecule has 6 nitrogen and oxygen atoms in total. The van der Waals surface area contributed by atoms with Crippen molar-refractivity contribution in [1.82, 2.24) is 15.0 Å². The van der Waals surface area contributed by atoms with Crippen LogP contribution in [0, 0.1) is 0 Å². The summed E-state index contributed by atoms with van der Waals surface area (Å²) in [7, 11) is 0. The Morgan fingerprint density at radius 1 is 1.29 bits per heavy atom. The van der Waals surface area contributed by atoms with Gasteiger partial charge < -0.3 is 10.2 Å². The van der Waals surface area contributed by atoms with Crippen molar-refractivity contribution in [2.75, 3.05) is 0 Å². The third-order valence-corrected chi connectivity index (χ3v) is 3.30. The van der Waals surface area contributed by atoms with Gasteiger partial charge in [-0.05, 0) is 30.5 Å². The number of carboxylic acids is 1. The first-order valence-electron chi connectivity index (χ1n) is 7.01. The van der Waals surface area contributed by atoms with E-state index in [1.54, 1.807) is 16.8 Å². The lowest BCUT2D eigenvalue weighted by Crippen LogP contribution is -2.05. The standard InChI is InChI=1S/C15H19N3O3/c1-2-3-4-14-13(10-19)16-17-18(14)12-7-5-11(6-8-12)9-15(20)21/h5-8,19H,2-4,9-10H2,1H3,(H,20,21).